The Morgan fingerprint density at radius 1 is 1.25 bits per heavy atom. The van der Waals surface area contributed by atoms with Gasteiger partial charge in [-0.15, -0.1) is 12.4 Å². The number of benzene rings is 1. The maximum Gasteiger partial charge on any atom is 0.250 e. The predicted octanol–water partition coefficient (Wildman–Crippen LogP) is 4.12. The van der Waals surface area contributed by atoms with Crippen molar-refractivity contribution in [1.82, 2.24) is 15.5 Å². The number of fused-ring (bicyclic) bond motifs is 1. The molecule has 0 spiro atoms. The van der Waals surface area contributed by atoms with Crippen LogP contribution in [0.5, 0.6) is 0 Å². The molecule has 0 aliphatic heterocycles. The van der Waals surface area contributed by atoms with Crippen molar-refractivity contribution in [3.63, 3.8) is 0 Å². The van der Waals surface area contributed by atoms with Crippen molar-refractivity contribution in [3.8, 4) is 0 Å². The zero-order chi connectivity index (χ0) is 16.2. The first-order valence-electron chi connectivity index (χ1n) is 7.89. The van der Waals surface area contributed by atoms with E-state index in [2.05, 4.69) is 35.4 Å². The first kappa shape index (κ1) is 18.2. The summed E-state index contributed by atoms with van der Waals surface area (Å²) >= 11 is 0. The first-order chi connectivity index (χ1) is 11.2. The normalized spacial score (nSPS) is 12.6. The molecule has 0 aliphatic carbocycles. The number of aromatic nitrogens is 2. The van der Waals surface area contributed by atoms with Crippen molar-refractivity contribution < 1.29 is 8.94 Å². The Morgan fingerprint density at radius 3 is 2.79 bits per heavy atom. The molecular formula is C18H22ClN3O2. The summed E-state index contributed by atoms with van der Waals surface area (Å²) in [6.45, 7) is 4.16. The second kappa shape index (κ2) is 8.13. The van der Waals surface area contributed by atoms with Gasteiger partial charge in [-0.1, -0.05) is 30.3 Å². The predicted molar refractivity (Wildman–Crippen MR) is 98.3 cm³/mol. The zero-order valence-electron chi connectivity index (χ0n) is 14.1. The zero-order valence-corrected chi connectivity index (χ0v) is 14.9. The molecule has 1 unspecified atom stereocenters. The van der Waals surface area contributed by atoms with Gasteiger partial charge in [-0.2, -0.15) is 4.98 Å². The van der Waals surface area contributed by atoms with Crippen molar-refractivity contribution in [2.75, 3.05) is 7.05 Å². The van der Waals surface area contributed by atoms with E-state index in [1.807, 2.05) is 37.4 Å². The molecule has 2 heterocycles. The van der Waals surface area contributed by atoms with E-state index in [9.17, 15) is 0 Å². The third-order valence-corrected chi connectivity index (χ3v) is 3.89. The summed E-state index contributed by atoms with van der Waals surface area (Å²) in [5.74, 6) is 2.18. The lowest BCUT2D eigenvalue weighted by atomic mass is 10.1. The molecule has 0 amide bonds. The molecule has 0 saturated heterocycles. The number of halogens is 1. The van der Waals surface area contributed by atoms with Crippen LogP contribution in [0.1, 0.15) is 36.9 Å². The van der Waals surface area contributed by atoms with E-state index in [1.165, 1.54) is 0 Å². The smallest absolute Gasteiger partial charge is 0.250 e. The number of hydrogen-bond acceptors (Lipinski definition) is 5. The van der Waals surface area contributed by atoms with Crippen molar-refractivity contribution in [2.45, 2.75) is 32.7 Å². The van der Waals surface area contributed by atoms with Crippen LogP contribution in [0.3, 0.4) is 0 Å². The van der Waals surface area contributed by atoms with Crippen molar-refractivity contribution in [1.29, 1.82) is 0 Å². The standard InChI is InChI=1S/C18H21N3O2.ClH/c1-4-15-14(13-7-5-6-8-16(13)22-15)9-10-18-20-17(21-23-18)11-12(2)19-3;/h5-10,12,19H,4,11H2,1-3H3;1H/b10-9+;. The molecule has 0 bridgehead atoms. The highest BCUT2D eigenvalue weighted by Crippen LogP contribution is 2.27. The average molecular weight is 348 g/mol. The van der Waals surface area contributed by atoms with Crippen LogP contribution >= 0.6 is 12.4 Å². The molecular weight excluding hydrogens is 326 g/mol. The fourth-order valence-corrected chi connectivity index (χ4v) is 2.51. The van der Waals surface area contributed by atoms with Gasteiger partial charge in [0.1, 0.15) is 11.3 Å². The Hall–Kier alpha value is -2.11. The Bertz CT molecular complexity index is 823. The minimum Gasteiger partial charge on any atom is -0.460 e. The van der Waals surface area contributed by atoms with Gasteiger partial charge in [-0.05, 0) is 26.1 Å². The monoisotopic (exact) mass is 347 g/mol. The second-order valence-electron chi connectivity index (χ2n) is 5.56. The van der Waals surface area contributed by atoms with Gasteiger partial charge in [0, 0.05) is 35.9 Å². The fraction of sp³-hybridized carbons (Fsp3) is 0.333. The number of likely N-dealkylation sites (N-methyl/N-ethyl adjacent to an activating group) is 1. The largest absolute Gasteiger partial charge is 0.460 e. The molecule has 1 atom stereocenters. The lowest BCUT2D eigenvalue weighted by molar-refractivity contribution is 0.400. The minimum absolute atomic E-state index is 0. The van der Waals surface area contributed by atoms with E-state index in [0.717, 1.165) is 35.1 Å². The van der Waals surface area contributed by atoms with Crippen LogP contribution in [0.4, 0.5) is 0 Å². The molecule has 0 fully saturated rings. The van der Waals surface area contributed by atoms with Gasteiger partial charge in [-0.3, -0.25) is 0 Å². The van der Waals surface area contributed by atoms with Gasteiger partial charge >= 0.3 is 0 Å². The lowest BCUT2D eigenvalue weighted by Gasteiger charge is -2.04. The molecule has 24 heavy (non-hydrogen) atoms. The molecule has 0 saturated carbocycles. The van der Waals surface area contributed by atoms with Gasteiger partial charge < -0.3 is 14.3 Å². The van der Waals surface area contributed by atoms with Crippen LogP contribution < -0.4 is 5.32 Å². The summed E-state index contributed by atoms with van der Waals surface area (Å²) in [6.07, 6.45) is 5.41. The number of furan rings is 1. The van der Waals surface area contributed by atoms with Crippen molar-refractivity contribution in [3.05, 3.63) is 47.3 Å². The van der Waals surface area contributed by atoms with E-state index in [1.54, 1.807) is 0 Å². The molecule has 1 N–H and O–H groups in total. The van der Waals surface area contributed by atoms with Gasteiger partial charge in [0.2, 0.25) is 0 Å². The molecule has 5 nitrogen and oxygen atoms in total. The van der Waals surface area contributed by atoms with Crippen LogP contribution in [0.25, 0.3) is 23.1 Å². The van der Waals surface area contributed by atoms with E-state index in [4.69, 9.17) is 8.94 Å². The molecule has 0 radical (unpaired) electrons. The number of aryl methyl sites for hydroxylation is 1. The van der Waals surface area contributed by atoms with Crippen LogP contribution in [-0.4, -0.2) is 23.2 Å². The number of nitrogens with zero attached hydrogens (tertiary/aromatic N) is 2. The molecule has 2 aromatic heterocycles. The third kappa shape index (κ3) is 3.86. The minimum atomic E-state index is 0. The Labute approximate surface area is 147 Å². The number of hydrogen-bond donors (Lipinski definition) is 1. The molecule has 6 heteroatoms. The van der Waals surface area contributed by atoms with Crippen LogP contribution in [0, 0.1) is 0 Å². The topological polar surface area (TPSA) is 64.1 Å². The molecule has 0 aliphatic rings. The van der Waals surface area contributed by atoms with E-state index >= 15 is 0 Å². The summed E-state index contributed by atoms with van der Waals surface area (Å²) in [7, 11) is 1.92. The quantitative estimate of drug-likeness (QED) is 0.726. The third-order valence-electron chi connectivity index (χ3n) is 3.89. The van der Waals surface area contributed by atoms with E-state index < -0.39 is 0 Å². The average Bonchev–Trinajstić information content (AvgIpc) is 3.16. The Kier molecular flexibility index (Phi) is 6.17. The van der Waals surface area contributed by atoms with Crippen LogP contribution in [0.2, 0.25) is 0 Å². The molecule has 128 valence electrons. The Balaban J connectivity index is 0.00000208. The van der Waals surface area contributed by atoms with Gasteiger partial charge in [0.05, 0.1) is 0 Å². The van der Waals surface area contributed by atoms with E-state index in [0.29, 0.717) is 17.8 Å². The van der Waals surface area contributed by atoms with Gasteiger partial charge in [0.25, 0.3) is 5.89 Å². The lowest BCUT2D eigenvalue weighted by Crippen LogP contribution is -2.24. The maximum atomic E-state index is 5.88. The van der Waals surface area contributed by atoms with Crippen LogP contribution in [-0.2, 0) is 12.8 Å². The summed E-state index contributed by atoms with van der Waals surface area (Å²) < 4.78 is 11.2. The molecule has 3 rings (SSSR count). The highest BCUT2D eigenvalue weighted by molar-refractivity contribution is 5.90. The summed E-state index contributed by atoms with van der Waals surface area (Å²) in [5.41, 5.74) is 1.98. The SMILES string of the molecule is CCc1oc2ccccc2c1/C=C/c1nc(CC(C)NC)no1.Cl. The number of para-hydroxylation sites is 1. The maximum absolute atomic E-state index is 5.88. The summed E-state index contributed by atoms with van der Waals surface area (Å²) in [4.78, 5) is 4.40. The summed E-state index contributed by atoms with van der Waals surface area (Å²) in [5, 5.41) is 8.27. The van der Waals surface area contributed by atoms with Crippen molar-refractivity contribution >= 4 is 35.5 Å². The first-order valence-corrected chi connectivity index (χ1v) is 7.89. The highest BCUT2D eigenvalue weighted by atomic mass is 35.5. The molecule has 1 aromatic carbocycles. The van der Waals surface area contributed by atoms with Gasteiger partial charge in [0.15, 0.2) is 5.82 Å². The fourth-order valence-electron chi connectivity index (χ4n) is 2.51. The summed E-state index contributed by atoms with van der Waals surface area (Å²) in [6, 6.07) is 8.35. The number of rotatable bonds is 6. The van der Waals surface area contributed by atoms with Crippen molar-refractivity contribution in [2.24, 2.45) is 0 Å². The molecule has 3 aromatic rings. The second-order valence-corrected chi connectivity index (χ2v) is 5.56. The van der Waals surface area contributed by atoms with E-state index in [-0.39, 0.29) is 12.4 Å². The Morgan fingerprint density at radius 2 is 2.04 bits per heavy atom. The van der Waals surface area contributed by atoms with Crippen LogP contribution in [0.15, 0.2) is 33.2 Å². The number of nitrogens with one attached hydrogen (secondary N) is 1. The highest BCUT2D eigenvalue weighted by Gasteiger charge is 2.11. The van der Waals surface area contributed by atoms with Gasteiger partial charge in [-0.25, -0.2) is 0 Å².